The van der Waals surface area contributed by atoms with Gasteiger partial charge in [-0.15, -0.1) is 0 Å². The molecule has 0 bridgehead atoms. The molecular formula is C13H19NO4S. The molecule has 0 spiro atoms. The van der Waals surface area contributed by atoms with Crippen LogP contribution >= 0.6 is 0 Å². The van der Waals surface area contributed by atoms with Gasteiger partial charge in [-0.25, -0.2) is 13.2 Å². The highest BCUT2D eigenvalue weighted by atomic mass is 32.2. The Morgan fingerprint density at radius 2 is 1.47 bits per heavy atom. The summed E-state index contributed by atoms with van der Waals surface area (Å²) in [5.41, 5.74) is 4.16. The zero-order chi connectivity index (χ0) is 14.9. The van der Waals surface area contributed by atoms with E-state index in [2.05, 4.69) is 0 Å². The van der Waals surface area contributed by atoms with E-state index in [9.17, 15) is 13.2 Å². The van der Waals surface area contributed by atoms with Crippen molar-refractivity contribution in [2.75, 3.05) is 18.5 Å². The predicted molar refractivity (Wildman–Crippen MR) is 75.4 cm³/mol. The number of anilines is 1. The molecule has 0 aliphatic heterocycles. The molecule has 0 aromatic heterocycles. The summed E-state index contributed by atoms with van der Waals surface area (Å²) in [4.78, 5) is 12.0. The number of hydrogen-bond acceptors (Lipinski definition) is 4. The Hall–Kier alpha value is -1.56. The Morgan fingerprint density at radius 1 is 1.00 bits per heavy atom. The van der Waals surface area contributed by atoms with Crippen molar-refractivity contribution in [3.05, 3.63) is 27.8 Å². The van der Waals surface area contributed by atoms with Gasteiger partial charge in [-0.2, -0.15) is 0 Å². The van der Waals surface area contributed by atoms with Crippen LogP contribution in [0, 0.1) is 27.7 Å². The number of thiol groups is 1. The fraction of sp³-hybridized carbons (Fsp3) is 0.462. The second kappa shape index (κ2) is 5.61. The average Bonchev–Trinajstić information content (AvgIpc) is 2.38. The van der Waals surface area contributed by atoms with Crippen LogP contribution in [0.2, 0.25) is 0 Å². The number of esters is 1. The molecule has 0 fully saturated rings. The van der Waals surface area contributed by atoms with Crippen LogP contribution in [0.4, 0.5) is 5.69 Å². The van der Waals surface area contributed by atoms with E-state index in [0.717, 1.165) is 26.6 Å². The summed E-state index contributed by atoms with van der Waals surface area (Å²) >= 11 is 0. The van der Waals surface area contributed by atoms with Crippen molar-refractivity contribution in [2.45, 2.75) is 27.7 Å². The Balaban J connectivity index is 3.81. The van der Waals surface area contributed by atoms with Crippen LogP contribution in [0.3, 0.4) is 0 Å². The number of carbonyl (C=O) groups excluding carboxylic acids is 1. The van der Waals surface area contributed by atoms with Gasteiger partial charge in [0.1, 0.15) is 0 Å². The number of ether oxygens (including phenoxy) is 1. The summed E-state index contributed by atoms with van der Waals surface area (Å²) in [6.07, 6.45) is 0. The molecule has 6 heteroatoms. The fourth-order valence-electron chi connectivity index (χ4n) is 2.13. The topological polar surface area (TPSA) is 63.7 Å². The van der Waals surface area contributed by atoms with Gasteiger partial charge in [0.25, 0.3) is 0 Å². The van der Waals surface area contributed by atoms with E-state index < -0.39 is 16.9 Å². The van der Waals surface area contributed by atoms with Crippen LogP contribution < -0.4 is 4.31 Å². The normalized spacial score (nSPS) is 10.7. The Kier molecular flexibility index (Phi) is 4.57. The lowest BCUT2D eigenvalue weighted by atomic mass is 9.92. The SMILES string of the molecule is COC(=O)c1c(C)c(C)c(C)c(C)c1N(C)[SH](=O)=O. The maximum Gasteiger partial charge on any atom is 0.340 e. The van der Waals surface area contributed by atoms with Crippen LogP contribution in [0.5, 0.6) is 0 Å². The quantitative estimate of drug-likeness (QED) is 0.678. The molecule has 0 unspecified atom stereocenters. The highest BCUT2D eigenvalue weighted by Crippen LogP contribution is 2.33. The third-order valence-electron chi connectivity index (χ3n) is 3.61. The maximum atomic E-state index is 12.0. The average molecular weight is 285 g/mol. The highest BCUT2D eigenvalue weighted by Gasteiger charge is 2.24. The number of benzene rings is 1. The van der Waals surface area contributed by atoms with Gasteiger partial charge in [0.15, 0.2) is 0 Å². The molecule has 1 aromatic rings. The third kappa shape index (κ3) is 2.58. The van der Waals surface area contributed by atoms with Crippen molar-refractivity contribution < 1.29 is 17.9 Å². The van der Waals surface area contributed by atoms with Crippen LogP contribution in [0.1, 0.15) is 32.6 Å². The van der Waals surface area contributed by atoms with Crippen molar-refractivity contribution in [2.24, 2.45) is 0 Å². The zero-order valence-electron chi connectivity index (χ0n) is 12.0. The lowest BCUT2D eigenvalue weighted by molar-refractivity contribution is 0.0600. The van der Waals surface area contributed by atoms with Gasteiger partial charge in [-0.3, -0.25) is 4.31 Å². The van der Waals surface area contributed by atoms with Crippen LogP contribution in [0.15, 0.2) is 0 Å². The standard InChI is InChI=1S/C13H19NO4S/c1-7-8(2)10(4)12(14(5)19(16)17)11(9(7)3)13(15)18-6/h19H,1-6H3. The summed E-state index contributed by atoms with van der Waals surface area (Å²) in [5.74, 6) is -0.526. The molecular weight excluding hydrogens is 266 g/mol. The first-order chi connectivity index (χ1) is 8.73. The number of nitrogens with zero attached hydrogens (tertiary/aromatic N) is 1. The van der Waals surface area contributed by atoms with Crippen molar-refractivity contribution in [1.82, 2.24) is 0 Å². The van der Waals surface area contributed by atoms with Crippen molar-refractivity contribution >= 4 is 22.5 Å². The molecule has 1 rings (SSSR count). The molecule has 0 aliphatic carbocycles. The first-order valence-corrected chi connectivity index (χ1v) is 6.93. The molecule has 5 nitrogen and oxygen atoms in total. The van der Waals surface area contributed by atoms with E-state index in [1.807, 2.05) is 13.8 Å². The van der Waals surface area contributed by atoms with Gasteiger partial charge >= 0.3 is 5.97 Å². The summed E-state index contributed by atoms with van der Waals surface area (Å²) in [6, 6.07) is 0. The number of methoxy groups -OCH3 is 1. The van der Waals surface area contributed by atoms with E-state index in [0.29, 0.717) is 11.3 Å². The minimum absolute atomic E-state index is 0.310. The first kappa shape index (κ1) is 15.5. The van der Waals surface area contributed by atoms with Gasteiger partial charge in [0.2, 0.25) is 10.9 Å². The van der Waals surface area contributed by atoms with E-state index in [-0.39, 0.29) is 0 Å². The molecule has 1 aromatic carbocycles. The van der Waals surface area contributed by atoms with E-state index in [1.165, 1.54) is 14.2 Å². The maximum absolute atomic E-state index is 12.0. The Morgan fingerprint density at radius 3 is 1.89 bits per heavy atom. The molecule has 106 valence electrons. The molecule has 0 saturated heterocycles. The van der Waals surface area contributed by atoms with Crippen LogP contribution in [-0.2, 0) is 15.6 Å². The van der Waals surface area contributed by atoms with Gasteiger partial charge in [-0.1, -0.05) is 0 Å². The van der Waals surface area contributed by atoms with Crippen molar-refractivity contribution in [3.8, 4) is 0 Å². The molecule has 0 amide bonds. The minimum Gasteiger partial charge on any atom is -0.465 e. The predicted octanol–water partition coefficient (Wildman–Crippen LogP) is 1.67. The summed E-state index contributed by atoms with van der Waals surface area (Å²) in [7, 11) is -0.0987. The van der Waals surface area contributed by atoms with Crippen LogP contribution in [-0.4, -0.2) is 28.5 Å². The minimum atomic E-state index is -2.81. The third-order valence-corrected chi connectivity index (χ3v) is 4.30. The lowest BCUT2D eigenvalue weighted by Gasteiger charge is -2.23. The van der Waals surface area contributed by atoms with Crippen molar-refractivity contribution in [3.63, 3.8) is 0 Å². The molecule has 0 atom stereocenters. The van der Waals surface area contributed by atoms with E-state index >= 15 is 0 Å². The smallest absolute Gasteiger partial charge is 0.340 e. The van der Waals surface area contributed by atoms with Gasteiger partial charge < -0.3 is 4.74 Å². The molecule has 0 heterocycles. The molecule has 0 radical (unpaired) electrons. The number of rotatable bonds is 3. The summed E-state index contributed by atoms with van der Waals surface area (Å²) in [6.45, 7) is 7.42. The van der Waals surface area contributed by atoms with E-state index in [1.54, 1.807) is 13.8 Å². The van der Waals surface area contributed by atoms with E-state index in [4.69, 9.17) is 4.74 Å². The second-order valence-corrected chi connectivity index (χ2v) is 5.55. The first-order valence-electron chi connectivity index (χ1n) is 5.80. The monoisotopic (exact) mass is 285 g/mol. The number of carbonyl (C=O) groups is 1. The molecule has 19 heavy (non-hydrogen) atoms. The van der Waals surface area contributed by atoms with Gasteiger partial charge in [-0.05, 0) is 49.9 Å². The molecule has 0 saturated carbocycles. The highest BCUT2D eigenvalue weighted by molar-refractivity contribution is 7.74. The largest absolute Gasteiger partial charge is 0.465 e. The lowest BCUT2D eigenvalue weighted by Crippen LogP contribution is -2.22. The number of hydrogen-bond donors (Lipinski definition) is 1. The zero-order valence-corrected chi connectivity index (χ0v) is 12.9. The van der Waals surface area contributed by atoms with Crippen LogP contribution in [0.25, 0.3) is 0 Å². The molecule has 0 aliphatic rings. The van der Waals surface area contributed by atoms with Gasteiger partial charge in [0.05, 0.1) is 18.4 Å². The summed E-state index contributed by atoms with van der Waals surface area (Å²) < 4.78 is 28.3. The van der Waals surface area contributed by atoms with Gasteiger partial charge in [0, 0.05) is 7.05 Å². The second-order valence-electron chi connectivity index (χ2n) is 4.48. The Labute approximate surface area is 115 Å². The Bertz CT molecular complexity index is 597. The van der Waals surface area contributed by atoms with Crippen molar-refractivity contribution in [1.29, 1.82) is 0 Å². The fourth-order valence-corrected chi connectivity index (χ4v) is 2.54. The molecule has 0 N–H and O–H groups in total. The summed E-state index contributed by atoms with van der Waals surface area (Å²) in [5, 5.41) is 0.